The van der Waals surface area contributed by atoms with Gasteiger partial charge in [0.15, 0.2) is 5.11 Å². The zero-order chi connectivity index (χ0) is 16.9. The molecule has 1 aliphatic rings. The van der Waals surface area contributed by atoms with Crippen LogP contribution in [-0.4, -0.2) is 23.2 Å². The first-order valence-electron chi connectivity index (χ1n) is 8.44. The van der Waals surface area contributed by atoms with Gasteiger partial charge in [0, 0.05) is 31.0 Å². The molecule has 0 amide bonds. The maximum Gasteiger partial charge on any atom is 0.172 e. The zero-order valence-electron chi connectivity index (χ0n) is 14.3. The number of aryl methyl sites for hydroxylation is 2. The van der Waals surface area contributed by atoms with Crippen LogP contribution in [0.1, 0.15) is 29.7 Å². The largest absolute Gasteiger partial charge is 0.372 e. The van der Waals surface area contributed by atoms with Gasteiger partial charge in [0.2, 0.25) is 0 Å². The summed E-state index contributed by atoms with van der Waals surface area (Å²) in [6.07, 6.45) is 2.60. The van der Waals surface area contributed by atoms with Crippen molar-refractivity contribution < 1.29 is 0 Å². The monoisotopic (exact) mass is 340 g/mol. The molecular weight excluding hydrogens is 316 g/mol. The van der Waals surface area contributed by atoms with Gasteiger partial charge in [-0.2, -0.15) is 0 Å². The molecule has 0 unspecified atom stereocenters. The van der Waals surface area contributed by atoms with Gasteiger partial charge in [-0.25, -0.2) is 4.98 Å². The summed E-state index contributed by atoms with van der Waals surface area (Å²) in [4.78, 5) is 6.88. The Hall–Kier alpha value is -2.14. The lowest BCUT2D eigenvalue weighted by Gasteiger charge is -2.18. The Bertz CT molecular complexity index is 686. The molecule has 1 aromatic carbocycles. The van der Waals surface area contributed by atoms with Gasteiger partial charge in [-0.3, -0.25) is 0 Å². The number of hydrogen-bond acceptors (Lipinski definition) is 3. The minimum Gasteiger partial charge on any atom is -0.372 e. The van der Waals surface area contributed by atoms with Crippen molar-refractivity contribution in [3.63, 3.8) is 0 Å². The van der Waals surface area contributed by atoms with Gasteiger partial charge < -0.3 is 15.5 Å². The number of nitrogens with zero attached hydrogens (tertiary/aromatic N) is 2. The van der Waals surface area contributed by atoms with Gasteiger partial charge in [0.05, 0.1) is 0 Å². The third-order valence-corrected chi connectivity index (χ3v) is 4.45. The van der Waals surface area contributed by atoms with Crippen molar-refractivity contribution in [2.75, 3.05) is 23.3 Å². The quantitative estimate of drug-likeness (QED) is 0.829. The molecular formula is C19H24N4S. The second kappa shape index (κ2) is 7.62. The SMILES string of the molecule is Cc1cc(C)nc(NC(=S)NCc2ccc(N3CCCC3)cc2)c1. The molecule has 24 heavy (non-hydrogen) atoms. The van der Waals surface area contributed by atoms with E-state index in [0.29, 0.717) is 11.7 Å². The van der Waals surface area contributed by atoms with Gasteiger partial charge >= 0.3 is 0 Å². The fraction of sp³-hybridized carbons (Fsp3) is 0.368. The molecule has 1 fully saturated rings. The first kappa shape index (κ1) is 16.7. The number of thiocarbonyl (C=S) groups is 1. The van der Waals surface area contributed by atoms with Crippen LogP contribution in [0.2, 0.25) is 0 Å². The topological polar surface area (TPSA) is 40.2 Å². The van der Waals surface area contributed by atoms with E-state index in [0.717, 1.165) is 11.5 Å². The lowest BCUT2D eigenvalue weighted by molar-refractivity contribution is 0.919. The molecule has 5 heteroatoms. The fourth-order valence-corrected chi connectivity index (χ4v) is 3.22. The fourth-order valence-electron chi connectivity index (χ4n) is 3.05. The lowest BCUT2D eigenvalue weighted by atomic mass is 10.2. The van der Waals surface area contributed by atoms with Crippen LogP contribution in [-0.2, 0) is 6.54 Å². The molecule has 1 aliphatic heterocycles. The number of pyridine rings is 1. The van der Waals surface area contributed by atoms with Gasteiger partial charge in [-0.05, 0) is 74.3 Å². The second-order valence-electron chi connectivity index (χ2n) is 6.34. The number of benzene rings is 1. The van der Waals surface area contributed by atoms with Crippen LogP contribution in [0.15, 0.2) is 36.4 Å². The van der Waals surface area contributed by atoms with Crippen LogP contribution in [0.3, 0.4) is 0 Å². The van der Waals surface area contributed by atoms with E-state index in [9.17, 15) is 0 Å². The Morgan fingerprint density at radius 1 is 1.12 bits per heavy atom. The highest BCUT2D eigenvalue weighted by Gasteiger charge is 2.11. The van der Waals surface area contributed by atoms with E-state index in [2.05, 4.69) is 51.7 Å². The molecule has 2 heterocycles. The molecule has 1 saturated heterocycles. The van der Waals surface area contributed by atoms with Gasteiger partial charge in [-0.15, -0.1) is 0 Å². The summed E-state index contributed by atoms with van der Waals surface area (Å²) >= 11 is 5.36. The summed E-state index contributed by atoms with van der Waals surface area (Å²) in [6, 6.07) is 12.8. The van der Waals surface area contributed by atoms with Crippen LogP contribution < -0.4 is 15.5 Å². The Morgan fingerprint density at radius 2 is 1.83 bits per heavy atom. The van der Waals surface area contributed by atoms with Gasteiger partial charge in [0.1, 0.15) is 5.82 Å². The zero-order valence-corrected chi connectivity index (χ0v) is 15.1. The van der Waals surface area contributed by atoms with Crippen molar-refractivity contribution in [1.82, 2.24) is 10.3 Å². The first-order chi connectivity index (χ1) is 11.6. The molecule has 0 atom stereocenters. The maximum absolute atomic E-state index is 5.36. The number of anilines is 2. The number of hydrogen-bond donors (Lipinski definition) is 2. The number of rotatable bonds is 4. The molecule has 0 bridgehead atoms. The molecule has 0 spiro atoms. The smallest absolute Gasteiger partial charge is 0.172 e. The Morgan fingerprint density at radius 3 is 2.50 bits per heavy atom. The van der Waals surface area contributed by atoms with Crippen LogP contribution in [0.4, 0.5) is 11.5 Å². The third-order valence-electron chi connectivity index (χ3n) is 4.20. The van der Waals surface area contributed by atoms with Gasteiger partial charge in [-0.1, -0.05) is 12.1 Å². The number of aromatic nitrogens is 1. The second-order valence-corrected chi connectivity index (χ2v) is 6.75. The molecule has 126 valence electrons. The van der Waals surface area contributed by atoms with E-state index in [1.54, 1.807) is 0 Å². The van der Waals surface area contributed by atoms with E-state index >= 15 is 0 Å². The average molecular weight is 340 g/mol. The van der Waals surface area contributed by atoms with Crippen molar-refractivity contribution in [2.24, 2.45) is 0 Å². The summed E-state index contributed by atoms with van der Waals surface area (Å²) in [5, 5.41) is 6.99. The highest BCUT2D eigenvalue weighted by Crippen LogP contribution is 2.20. The van der Waals surface area contributed by atoms with Crippen molar-refractivity contribution >= 4 is 28.8 Å². The van der Waals surface area contributed by atoms with Crippen molar-refractivity contribution in [3.05, 3.63) is 53.2 Å². The molecule has 0 saturated carbocycles. The van der Waals surface area contributed by atoms with Crippen LogP contribution in [0, 0.1) is 13.8 Å². The minimum atomic E-state index is 0.594. The van der Waals surface area contributed by atoms with E-state index in [1.807, 2.05) is 19.1 Å². The highest BCUT2D eigenvalue weighted by atomic mass is 32.1. The summed E-state index contributed by atoms with van der Waals surface area (Å²) in [7, 11) is 0. The van der Waals surface area contributed by atoms with Gasteiger partial charge in [0.25, 0.3) is 0 Å². The molecule has 0 aliphatic carbocycles. The van der Waals surface area contributed by atoms with Crippen molar-refractivity contribution in [1.29, 1.82) is 0 Å². The van der Waals surface area contributed by atoms with Crippen molar-refractivity contribution in [3.8, 4) is 0 Å². The van der Waals surface area contributed by atoms with Crippen molar-refractivity contribution in [2.45, 2.75) is 33.2 Å². The Labute approximate surface area is 149 Å². The van der Waals surface area contributed by atoms with Crippen LogP contribution in [0.25, 0.3) is 0 Å². The molecule has 0 radical (unpaired) electrons. The Kier molecular flexibility index (Phi) is 5.30. The molecule has 2 aromatic rings. The van der Waals surface area contributed by atoms with E-state index in [4.69, 9.17) is 12.2 Å². The molecule has 4 nitrogen and oxygen atoms in total. The Balaban J connectivity index is 1.52. The predicted molar refractivity (Wildman–Crippen MR) is 105 cm³/mol. The molecule has 3 rings (SSSR count). The van der Waals surface area contributed by atoms with E-state index < -0.39 is 0 Å². The van der Waals surface area contributed by atoms with E-state index in [-0.39, 0.29) is 0 Å². The third kappa shape index (κ3) is 4.45. The highest BCUT2D eigenvalue weighted by molar-refractivity contribution is 7.80. The molecule has 2 N–H and O–H groups in total. The van der Waals surface area contributed by atoms with E-state index in [1.165, 1.54) is 42.7 Å². The van der Waals surface area contributed by atoms with Crippen LogP contribution in [0.5, 0.6) is 0 Å². The van der Waals surface area contributed by atoms with Crippen LogP contribution >= 0.6 is 12.2 Å². The lowest BCUT2D eigenvalue weighted by Crippen LogP contribution is -2.28. The summed E-state index contributed by atoms with van der Waals surface area (Å²) < 4.78 is 0. The first-order valence-corrected chi connectivity index (χ1v) is 8.85. The predicted octanol–water partition coefficient (Wildman–Crippen LogP) is 3.79. The standard InChI is InChI=1S/C19H24N4S/c1-14-11-15(2)21-18(12-14)22-19(24)20-13-16-5-7-17(8-6-16)23-9-3-4-10-23/h5-8,11-12H,3-4,9-10,13H2,1-2H3,(H2,20,21,22,24). The maximum atomic E-state index is 5.36. The number of nitrogens with one attached hydrogen (secondary N) is 2. The summed E-state index contributed by atoms with van der Waals surface area (Å²) in [5.74, 6) is 0.786. The summed E-state index contributed by atoms with van der Waals surface area (Å²) in [6.45, 7) is 7.09. The minimum absolute atomic E-state index is 0.594. The normalized spacial score (nSPS) is 13.8. The molecule has 1 aromatic heterocycles. The average Bonchev–Trinajstić information content (AvgIpc) is 3.07. The summed E-state index contributed by atoms with van der Waals surface area (Å²) in [5.41, 5.74) is 4.69.